The smallest absolute Gasteiger partial charge is 0.0667 e. The van der Waals surface area contributed by atoms with E-state index < -0.39 is 0 Å². The highest BCUT2D eigenvalue weighted by atomic mass is 14.6. The first-order chi connectivity index (χ1) is 5.50. The quantitative estimate of drug-likeness (QED) is 0.538. The SMILES string of the molecule is CC1(C)[C@H]2CC[C@](C)(C2)[C@@H]1C#N. The van der Waals surface area contributed by atoms with Crippen molar-refractivity contribution in [2.24, 2.45) is 22.7 Å². The topological polar surface area (TPSA) is 23.8 Å². The first kappa shape index (κ1) is 8.10. The minimum Gasteiger partial charge on any atom is -0.198 e. The molecular formula is C11H17N. The molecule has 0 aromatic heterocycles. The van der Waals surface area contributed by atoms with Crippen LogP contribution in [0.1, 0.15) is 40.0 Å². The summed E-state index contributed by atoms with van der Waals surface area (Å²) in [5.41, 5.74) is 0.630. The van der Waals surface area contributed by atoms with E-state index in [1.165, 1.54) is 19.3 Å². The molecule has 0 amide bonds. The van der Waals surface area contributed by atoms with Crippen LogP contribution in [0.2, 0.25) is 0 Å². The molecule has 0 heterocycles. The average molecular weight is 163 g/mol. The summed E-state index contributed by atoms with van der Waals surface area (Å²) in [6.07, 6.45) is 3.92. The monoisotopic (exact) mass is 163 g/mol. The van der Waals surface area contributed by atoms with Crippen molar-refractivity contribution in [2.75, 3.05) is 0 Å². The maximum Gasteiger partial charge on any atom is 0.0667 e. The molecule has 1 nitrogen and oxygen atoms in total. The lowest BCUT2D eigenvalue weighted by molar-refractivity contribution is 0.119. The summed E-state index contributed by atoms with van der Waals surface area (Å²) in [5.74, 6) is 1.11. The fourth-order valence-corrected chi connectivity index (χ4v) is 3.62. The Morgan fingerprint density at radius 2 is 2.00 bits per heavy atom. The predicted octanol–water partition coefficient (Wildman–Crippen LogP) is 2.97. The molecule has 0 unspecified atom stereocenters. The molecule has 3 atom stereocenters. The van der Waals surface area contributed by atoms with Crippen molar-refractivity contribution < 1.29 is 0 Å². The molecule has 0 aromatic carbocycles. The maximum absolute atomic E-state index is 9.14. The van der Waals surface area contributed by atoms with Crippen LogP contribution in [0.5, 0.6) is 0 Å². The summed E-state index contributed by atoms with van der Waals surface area (Å²) in [7, 11) is 0. The number of nitrogens with zero attached hydrogens (tertiary/aromatic N) is 1. The molecule has 2 bridgehead atoms. The van der Waals surface area contributed by atoms with Gasteiger partial charge in [0.2, 0.25) is 0 Å². The van der Waals surface area contributed by atoms with E-state index >= 15 is 0 Å². The molecule has 0 N–H and O–H groups in total. The fourth-order valence-electron chi connectivity index (χ4n) is 3.62. The summed E-state index contributed by atoms with van der Waals surface area (Å²) in [5, 5.41) is 9.14. The summed E-state index contributed by atoms with van der Waals surface area (Å²) >= 11 is 0. The van der Waals surface area contributed by atoms with E-state index in [0.29, 0.717) is 11.3 Å². The van der Waals surface area contributed by atoms with Crippen molar-refractivity contribution in [3.8, 4) is 6.07 Å². The third kappa shape index (κ3) is 0.736. The number of fused-ring (bicyclic) bond motifs is 2. The van der Waals surface area contributed by atoms with Gasteiger partial charge in [0.25, 0.3) is 0 Å². The largest absolute Gasteiger partial charge is 0.198 e. The summed E-state index contributed by atoms with van der Waals surface area (Å²) in [4.78, 5) is 0. The Labute approximate surface area is 74.8 Å². The van der Waals surface area contributed by atoms with Gasteiger partial charge in [0.15, 0.2) is 0 Å². The Balaban J connectivity index is 2.39. The van der Waals surface area contributed by atoms with Crippen molar-refractivity contribution >= 4 is 0 Å². The molecule has 12 heavy (non-hydrogen) atoms. The van der Waals surface area contributed by atoms with Gasteiger partial charge in [-0.2, -0.15) is 5.26 Å². The zero-order valence-electron chi connectivity index (χ0n) is 8.22. The van der Waals surface area contributed by atoms with Gasteiger partial charge in [-0.3, -0.25) is 0 Å². The van der Waals surface area contributed by atoms with E-state index in [0.717, 1.165) is 5.92 Å². The number of rotatable bonds is 0. The summed E-state index contributed by atoms with van der Waals surface area (Å²) in [6, 6.07) is 2.53. The Morgan fingerprint density at radius 3 is 2.33 bits per heavy atom. The standard InChI is InChI=1S/C11H17N/c1-10(2)8-4-5-11(3,6-8)9(10)7-12/h8-9H,4-6H2,1-3H3/t8-,9+,11+/m0/s1. The molecule has 1 heteroatoms. The van der Waals surface area contributed by atoms with Crippen LogP contribution < -0.4 is 0 Å². The van der Waals surface area contributed by atoms with Gasteiger partial charge in [0.1, 0.15) is 0 Å². The molecule has 66 valence electrons. The second kappa shape index (κ2) is 2.05. The van der Waals surface area contributed by atoms with Gasteiger partial charge in [0, 0.05) is 0 Å². The van der Waals surface area contributed by atoms with Gasteiger partial charge < -0.3 is 0 Å². The van der Waals surface area contributed by atoms with Gasteiger partial charge in [-0.1, -0.05) is 20.8 Å². The molecule has 2 saturated carbocycles. The third-order valence-electron chi connectivity index (χ3n) is 4.40. The van der Waals surface area contributed by atoms with Crippen LogP contribution in [-0.4, -0.2) is 0 Å². The van der Waals surface area contributed by atoms with Crippen LogP contribution in [0.25, 0.3) is 0 Å². The second-order valence-corrected chi connectivity index (χ2v) is 5.48. The molecule has 0 radical (unpaired) electrons. The van der Waals surface area contributed by atoms with Gasteiger partial charge in [-0.25, -0.2) is 0 Å². The number of nitriles is 1. The van der Waals surface area contributed by atoms with Crippen molar-refractivity contribution in [3.63, 3.8) is 0 Å². The maximum atomic E-state index is 9.14. The van der Waals surface area contributed by atoms with Crippen LogP contribution >= 0.6 is 0 Å². The van der Waals surface area contributed by atoms with Crippen molar-refractivity contribution in [3.05, 3.63) is 0 Å². The van der Waals surface area contributed by atoms with Crippen molar-refractivity contribution in [2.45, 2.75) is 40.0 Å². The predicted molar refractivity (Wildman–Crippen MR) is 48.3 cm³/mol. The van der Waals surface area contributed by atoms with Crippen LogP contribution in [0, 0.1) is 34.0 Å². The Hall–Kier alpha value is -0.510. The normalized spacial score (nSPS) is 49.2. The van der Waals surface area contributed by atoms with Crippen LogP contribution in [0.3, 0.4) is 0 Å². The molecule has 0 spiro atoms. The average Bonchev–Trinajstić information content (AvgIpc) is 2.39. The highest BCUT2D eigenvalue weighted by molar-refractivity contribution is 5.15. The minimum atomic E-state index is 0.280. The second-order valence-electron chi connectivity index (χ2n) is 5.48. The lowest BCUT2D eigenvalue weighted by Gasteiger charge is -2.38. The van der Waals surface area contributed by atoms with Crippen molar-refractivity contribution in [1.29, 1.82) is 5.26 Å². The zero-order valence-corrected chi connectivity index (χ0v) is 8.22. The molecule has 2 aliphatic rings. The Kier molecular flexibility index (Phi) is 1.38. The molecule has 0 aromatic rings. The van der Waals surface area contributed by atoms with Gasteiger partial charge in [0.05, 0.1) is 12.0 Å². The van der Waals surface area contributed by atoms with Crippen molar-refractivity contribution in [1.82, 2.24) is 0 Å². The molecular weight excluding hydrogens is 146 g/mol. The fraction of sp³-hybridized carbons (Fsp3) is 0.909. The Morgan fingerprint density at radius 1 is 1.33 bits per heavy atom. The summed E-state index contributed by atoms with van der Waals surface area (Å²) in [6.45, 7) is 6.85. The van der Waals surface area contributed by atoms with Crippen LogP contribution in [-0.2, 0) is 0 Å². The lowest BCUT2D eigenvalue weighted by Crippen LogP contribution is -2.33. The molecule has 2 fully saturated rings. The number of hydrogen-bond donors (Lipinski definition) is 0. The van der Waals surface area contributed by atoms with E-state index in [1.54, 1.807) is 0 Å². The van der Waals surface area contributed by atoms with Crippen LogP contribution in [0.15, 0.2) is 0 Å². The van der Waals surface area contributed by atoms with E-state index in [1.807, 2.05) is 0 Å². The van der Waals surface area contributed by atoms with E-state index in [-0.39, 0.29) is 5.41 Å². The summed E-state index contributed by atoms with van der Waals surface area (Å²) < 4.78 is 0. The molecule has 2 rings (SSSR count). The first-order valence-corrected chi connectivity index (χ1v) is 4.90. The van der Waals surface area contributed by atoms with E-state index in [9.17, 15) is 0 Å². The third-order valence-corrected chi connectivity index (χ3v) is 4.40. The molecule has 0 aliphatic heterocycles. The minimum absolute atomic E-state index is 0.280. The van der Waals surface area contributed by atoms with E-state index in [4.69, 9.17) is 5.26 Å². The molecule has 2 aliphatic carbocycles. The van der Waals surface area contributed by atoms with Crippen LogP contribution in [0.4, 0.5) is 0 Å². The first-order valence-electron chi connectivity index (χ1n) is 4.90. The number of hydrogen-bond acceptors (Lipinski definition) is 1. The Bertz CT molecular complexity index is 243. The van der Waals surface area contributed by atoms with Gasteiger partial charge in [-0.05, 0) is 36.0 Å². The highest BCUT2D eigenvalue weighted by Gasteiger charge is 2.59. The van der Waals surface area contributed by atoms with E-state index in [2.05, 4.69) is 26.8 Å². The van der Waals surface area contributed by atoms with Gasteiger partial charge in [-0.15, -0.1) is 0 Å². The van der Waals surface area contributed by atoms with Gasteiger partial charge >= 0.3 is 0 Å². The molecule has 0 saturated heterocycles. The zero-order chi connectivity index (χ0) is 8.98. The highest BCUT2D eigenvalue weighted by Crippen LogP contribution is 2.65. The lowest BCUT2D eigenvalue weighted by atomic mass is 9.65.